The molecule has 2 aromatic rings. The molecule has 0 radical (unpaired) electrons. The Morgan fingerprint density at radius 2 is 1.59 bits per heavy atom. The maximum absolute atomic E-state index is 12.7. The lowest BCUT2D eigenvalue weighted by atomic mass is 10.2. The van der Waals surface area contributed by atoms with Crippen LogP contribution < -0.4 is 13.8 Å². The zero-order chi connectivity index (χ0) is 16.3. The molecule has 0 aromatic heterocycles. The summed E-state index contributed by atoms with van der Waals surface area (Å²) in [6.07, 6.45) is 0. The second-order valence-electron chi connectivity index (χ2n) is 4.82. The Balaban J connectivity index is 2.50. The molecule has 118 valence electrons. The number of methoxy groups -OCH3 is 2. The number of nitrogens with zero attached hydrogens (tertiary/aromatic N) is 1. The topological polar surface area (TPSA) is 55.8 Å². The van der Waals surface area contributed by atoms with Gasteiger partial charge in [0.2, 0.25) is 0 Å². The highest BCUT2D eigenvalue weighted by Crippen LogP contribution is 2.34. The summed E-state index contributed by atoms with van der Waals surface area (Å²) in [6.45, 7) is 1.91. The summed E-state index contributed by atoms with van der Waals surface area (Å²) in [4.78, 5) is 0.227. The van der Waals surface area contributed by atoms with Crippen LogP contribution in [0.5, 0.6) is 11.5 Å². The van der Waals surface area contributed by atoms with E-state index >= 15 is 0 Å². The van der Waals surface area contributed by atoms with Crippen molar-refractivity contribution in [3.8, 4) is 11.5 Å². The van der Waals surface area contributed by atoms with Crippen LogP contribution >= 0.6 is 0 Å². The molecule has 0 aliphatic carbocycles. The van der Waals surface area contributed by atoms with Crippen LogP contribution in [0.3, 0.4) is 0 Å². The molecule has 0 N–H and O–H groups in total. The fourth-order valence-corrected chi connectivity index (χ4v) is 3.24. The van der Waals surface area contributed by atoms with Gasteiger partial charge in [0.05, 0.1) is 24.8 Å². The maximum atomic E-state index is 12.7. The third kappa shape index (κ3) is 3.01. The minimum Gasteiger partial charge on any atom is -0.497 e. The molecule has 0 saturated heterocycles. The van der Waals surface area contributed by atoms with Crippen LogP contribution in [0.2, 0.25) is 0 Å². The Labute approximate surface area is 131 Å². The van der Waals surface area contributed by atoms with Crippen LogP contribution in [0.15, 0.2) is 47.4 Å². The summed E-state index contributed by atoms with van der Waals surface area (Å²) in [6, 6.07) is 11.7. The molecule has 0 aliphatic heterocycles. The van der Waals surface area contributed by atoms with E-state index < -0.39 is 10.0 Å². The molecule has 2 aromatic carbocycles. The van der Waals surface area contributed by atoms with Crippen LogP contribution in [0.1, 0.15) is 5.56 Å². The summed E-state index contributed by atoms with van der Waals surface area (Å²) in [5.41, 5.74) is 1.42. The molecule has 0 bridgehead atoms. The fourth-order valence-electron chi connectivity index (χ4n) is 2.04. The Morgan fingerprint density at radius 3 is 2.14 bits per heavy atom. The van der Waals surface area contributed by atoms with Crippen molar-refractivity contribution in [2.75, 3.05) is 25.6 Å². The quantitative estimate of drug-likeness (QED) is 0.850. The number of anilines is 1. The molecule has 6 heteroatoms. The van der Waals surface area contributed by atoms with Crippen LogP contribution in [0.4, 0.5) is 5.69 Å². The van der Waals surface area contributed by atoms with Crippen molar-refractivity contribution in [2.45, 2.75) is 11.8 Å². The molecule has 0 atom stereocenters. The van der Waals surface area contributed by atoms with Gasteiger partial charge in [0.25, 0.3) is 10.0 Å². The average Bonchev–Trinajstić information content (AvgIpc) is 2.53. The van der Waals surface area contributed by atoms with Gasteiger partial charge < -0.3 is 9.47 Å². The molecular weight excluding hydrogens is 302 g/mol. The molecular formula is C16H19NO4S. The van der Waals surface area contributed by atoms with Gasteiger partial charge >= 0.3 is 0 Å². The maximum Gasteiger partial charge on any atom is 0.264 e. The average molecular weight is 321 g/mol. The molecule has 0 aliphatic rings. The standard InChI is InChI=1S/C16H19NO4S/c1-12-5-8-14(9-6-12)22(18,19)17(2)15-11-13(20-3)7-10-16(15)21-4/h5-11H,1-4H3. The summed E-state index contributed by atoms with van der Waals surface area (Å²) in [5, 5.41) is 0. The molecule has 0 unspecified atom stereocenters. The molecule has 0 heterocycles. The van der Waals surface area contributed by atoms with E-state index in [1.807, 2.05) is 6.92 Å². The first-order valence-corrected chi connectivity index (χ1v) is 8.12. The van der Waals surface area contributed by atoms with Crippen molar-refractivity contribution < 1.29 is 17.9 Å². The van der Waals surface area contributed by atoms with E-state index in [1.165, 1.54) is 25.6 Å². The van der Waals surface area contributed by atoms with Gasteiger partial charge in [-0.15, -0.1) is 0 Å². The summed E-state index contributed by atoms with van der Waals surface area (Å²) in [7, 11) is 0.849. The number of aryl methyl sites for hydroxylation is 1. The minimum atomic E-state index is -3.67. The van der Waals surface area contributed by atoms with Crippen molar-refractivity contribution >= 4 is 15.7 Å². The van der Waals surface area contributed by atoms with Gasteiger partial charge in [0.1, 0.15) is 11.5 Å². The van der Waals surface area contributed by atoms with Crippen LogP contribution in [0, 0.1) is 6.92 Å². The number of hydrogen-bond donors (Lipinski definition) is 0. The van der Waals surface area contributed by atoms with E-state index in [9.17, 15) is 8.42 Å². The van der Waals surface area contributed by atoms with E-state index in [0.29, 0.717) is 17.2 Å². The number of sulfonamides is 1. The zero-order valence-electron chi connectivity index (χ0n) is 13.0. The molecule has 0 amide bonds. The van der Waals surface area contributed by atoms with Crippen molar-refractivity contribution in [3.05, 3.63) is 48.0 Å². The SMILES string of the molecule is COc1ccc(OC)c(N(C)S(=O)(=O)c2ccc(C)cc2)c1. The first kappa shape index (κ1) is 16.2. The predicted octanol–water partition coefficient (Wildman–Crippen LogP) is 2.84. The predicted molar refractivity (Wildman–Crippen MR) is 86.3 cm³/mol. The van der Waals surface area contributed by atoms with E-state index in [0.717, 1.165) is 5.56 Å². The van der Waals surface area contributed by atoms with Gasteiger partial charge in [-0.2, -0.15) is 0 Å². The largest absolute Gasteiger partial charge is 0.497 e. The summed E-state index contributed by atoms with van der Waals surface area (Å²) in [5.74, 6) is 1.01. The third-order valence-corrected chi connectivity index (χ3v) is 5.19. The first-order chi connectivity index (χ1) is 10.4. The van der Waals surface area contributed by atoms with Gasteiger partial charge in [-0.1, -0.05) is 17.7 Å². The minimum absolute atomic E-state index is 0.227. The third-order valence-electron chi connectivity index (χ3n) is 3.40. The second-order valence-corrected chi connectivity index (χ2v) is 6.79. The number of ether oxygens (including phenoxy) is 2. The molecule has 5 nitrogen and oxygen atoms in total. The Morgan fingerprint density at radius 1 is 0.955 bits per heavy atom. The van der Waals surface area contributed by atoms with Crippen molar-refractivity contribution in [1.29, 1.82) is 0 Å². The highest BCUT2D eigenvalue weighted by atomic mass is 32.2. The van der Waals surface area contributed by atoms with Gasteiger partial charge in [-0.05, 0) is 31.2 Å². The number of benzene rings is 2. The van der Waals surface area contributed by atoms with Crippen LogP contribution in [-0.4, -0.2) is 29.7 Å². The van der Waals surface area contributed by atoms with Crippen LogP contribution in [0.25, 0.3) is 0 Å². The zero-order valence-corrected chi connectivity index (χ0v) is 13.8. The lowest BCUT2D eigenvalue weighted by Crippen LogP contribution is -2.27. The van der Waals surface area contributed by atoms with Crippen LogP contribution in [-0.2, 0) is 10.0 Å². The Kier molecular flexibility index (Phi) is 4.61. The first-order valence-electron chi connectivity index (χ1n) is 6.67. The molecule has 0 fully saturated rings. The smallest absolute Gasteiger partial charge is 0.264 e. The Hall–Kier alpha value is -2.21. The van der Waals surface area contributed by atoms with Gasteiger partial charge in [0, 0.05) is 13.1 Å². The van der Waals surface area contributed by atoms with Gasteiger partial charge in [-0.25, -0.2) is 8.42 Å². The molecule has 22 heavy (non-hydrogen) atoms. The van der Waals surface area contributed by atoms with Gasteiger partial charge in [-0.3, -0.25) is 4.31 Å². The highest BCUT2D eigenvalue weighted by molar-refractivity contribution is 7.92. The van der Waals surface area contributed by atoms with E-state index in [4.69, 9.17) is 9.47 Å². The fraction of sp³-hybridized carbons (Fsp3) is 0.250. The monoisotopic (exact) mass is 321 g/mol. The number of hydrogen-bond acceptors (Lipinski definition) is 4. The normalized spacial score (nSPS) is 11.1. The summed E-state index contributed by atoms with van der Waals surface area (Å²) >= 11 is 0. The van der Waals surface area contributed by atoms with Gasteiger partial charge in [0.15, 0.2) is 0 Å². The van der Waals surface area contributed by atoms with E-state index in [2.05, 4.69) is 0 Å². The van der Waals surface area contributed by atoms with E-state index in [1.54, 1.807) is 42.5 Å². The molecule has 2 rings (SSSR count). The lowest BCUT2D eigenvalue weighted by molar-refractivity contribution is 0.404. The van der Waals surface area contributed by atoms with Crippen molar-refractivity contribution in [1.82, 2.24) is 0 Å². The molecule has 0 spiro atoms. The Bertz CT molecular complexity index is 754. The number of rotatable bonds is 5. The molecule has 0 saturated carbocycles. The second kappa shape index (κ2) is 6.27. The highest BCUT2D eigenvalue weighted by Gasteiger charge is 2.24. The lowest BCUT2D eigenvalue weighted by Gasteiger charge is -2.22. The van der Waals surface area contributed by atoms with E-state index in [-0.39, 0.29) is 4.90 Å². The van der Waals surface area contributed by atoms with Crippen molar-refractivity contribution in [2.24, 2.45) is 0 Å². The summed E-state index contributed by atoms with van der Waals surface area (Å²) < 4.78 is 37.1. The van der Waals surface area contributed by atoms with Crippen molar-refractivity contribution in [3.63, 3.8) is 0 Å².